The predicted octanol–water partition coefficient (Wildman–Crippen LogP) is 4.10. The maximum Gasteiger partial charge on any atom is 0.111 e. The molecule has 70 valence electrons. The summed E-state index contributed by atoms with van der Waals surface area (Å²) in [6.45, 7) is 5.67. The van der Waals surface area contributed by atoms with Gasteiger partial charge in [-0.25, -0.2) is 0 Å². The van der Waals surface area contributed by atoms with Gasteiger partial charge in [-0.2, -0.15) is 0 Å². The lowest BCUT2D eigenvalue weighted by Gasteiger charge is -1.86. The first-order chi connectivity index (χ1) is 5.72. The highest BCUT2D eigenvalue weighted by Crippen LogP contribution is 2.26. The first kappa shape index (κ1) is 12.2. The third kappa shape index (κ3) is 5.84. The lowest BCUT2D eigenvalue weighted by Crippen LogP contribution is -1.84. The number of halogens is 2. The molecule has 0 spiro atoms. The molecule has 0 aliphatic rings. The Labute approximate surface area is 87.3 Å². The maximum absolute atomic E-state index is 5.51. The minimum Gasteiger partial charge on any atom is -0.382 e. The average molecular weight is 227 g/mol. The summed E-state index contributed by atoms with van der Waals surface area (Å²) in [5, 5.41) is 2.50. The van der Waals surface area contributed by atoms with Gasteiger partial charge in [0.2, 0.25) is 0 Å². The highest BCUT2D eigenvalue weighted by molar-refractivity contribution is 7.15. The maximum atomic E-state index is 5.51. The predicted molar refractivity (Wildman–Crippen MR) is 56.5 cm³/mol. The van der Waals surface area contributed by atoms with Crippen molar-refractivity contribution in [2.24, 2.45) is 0 Å². The van der Waals surface area contributed by atoms with E-state index in [4.69, 9.17) is 27.9 Å². The fraction of sp³-hybridized carbons (Fsp3) is 0.500. The molecule has 0 bridgehead atoms. The Morgan fingerprint density at radius 2 is 1.92 bits per heavy atom. The summed E-state index contributed by atoms with van der Waals surface area (Å²) in [6, 6.07) is 1.77. The van der Waals surface area contributed by atoms with Gasteiger partial charge in [-0.1, -0.05) is 23.2 Å². The number of rotatable bonds is 2. The van der Waals surface area contributed by atoms with E-state index in [-0.39, 0.29) is 0 Å². The molecule has 0 amide bonds. The van der Waals surface area contributed by atoms with E-state index in [1.807, 2.05) is 19.2 Å². The highest BCUT2D eigenvalue weighted by Gasteiger charge is 1.92. The van der Waals surface area contributed by atoms with Crippen LogP contribution in [0.3, 0.4) is 0 Å². The van der Waals surface area contributed by atoms with Crippen LogP contribution >= 0.6 is 34.5 Å². The highest BCUT2D eigenvalue weighted by atomic mass is 35.5. The molecule has 12 heavy (non-hydrogen) atoms. The van der Waals surface area contributed by atoms with Gasteiger partial charge >= 0.3 is 0 Å². The summed E-state index contributed by atoms with van der Waals surface area (Å²) in [5.74, 6) is 0. The van der Waals surface area contributed by atoms with E-state index in [0.717, 1.165) is 13.2 Å². The van der Waals surface area contributed by atoms with Crippen LogP contribution in [0.2, 0.25) is 9.36 Å². The molecule has 0 saturated heterocycles. The van der Waals surface area contributed by atoms with Crippen LogP contribution in [0.5, 0.6) is 0 Å². The van der Waals surface area contributed by atoms with Gasteiger partial charge in [-0.3, -0.25) is 0 Å². The second-order valence-corrected chi connectivity index (χ2v) is 3.75. The molecule has 4 heteroatoms. The molecule has 0 aliphatic heterocycles. The Hall–Kier alpha value is 0.240. The summed E-state index contributed by atoms with van der Waals surface area (Å²) in [6.07, 6.45) is 0. The van der Waals surface area contributed by atoms with Crippen molar-refractivity contribution in [3.05, 3.63) is 20.8 Å². The van der Waals surface area contributed by atoms with Gasteiger partial charge < -0.3 is 4.74 Å². The third-order valence-corrected chi connectivity index (χ3v) is 2.68. The SMILES string of the molecule is CCOCC.Clc1ccsc1Cl. The molecule has 1 aromatic heterocycles. The molecule has 1 heterocycles. The van der Waals surface area contributed by atoms with Gasteiger partial charge in [0.1, 0.15) is 4.34 Å². The molecular weight excluding hydrogens is 215 g/mol. The summed E-state index contributed by atoms with van der Waals surface area (Å²) in [4.78, 5) is 0. The van der Waals surface area contributed by atoms with Gasteiger partial charge in [0.15, 0.2) is 0 Å². The van der Waals surface area contributed by atoms with E-state index in [9.17, 15) is 0 Å². The van der Waals surface area contributed by atoms with Crippen LogP contribution in [0.1, 0.15) is 13.8 Å². The van der Waals surface area contributed by atoms with Crippen LogP contribution < -0.4 is 0 Å². The molecule has 1 rings (SSSR count). The van der Waals surface area contributed by atoms with Crippen LogP contribution in [-0.2, 0) is 4.74 Å². The van der Waals surface area contributed by atoms with Crippen LogP contribution in [0.25, 0.3) is 0 Å². The quantitative estimate of drug-likeness (QED) is 0.739. The standard InChI is InChI=1S/C4H2Cl2S.C4H10O/c5-3-1-2-7-4(3)6;1-3-5-4-2/h1-2H;3-4H2,1-2H3. The first-order valence-electron chi connectivity index (χ1n) is 3.68. The zero-order valence-electron chi connectivity index (χ0n) is 7.14. The van der Waals surface area contributed by atoms with Crippen molar-refractivity contribution in [3.63, 3.8) is 0 Å². The van der Waals surface area contributed by atoms with E-state index in [1.54, 1.807) is 6.07 Å². The third-order valence-electron chi connectivity index (χ3n) is 0.982. The topological polar surface area (TPSA) is 9.23 Å². The fourth-order valence-electron chi connectivity index (χ4n) is 0.479. The lowest BCUT2D eigenvalue weighted by molar-refractivity contribution is 0.162. The Bertz CT molecular complexity index is 182. The normalized spacial score (nSPS) is 9.00. The van der Waals surface area contributed by atoms with Gasteiger partial charge in [-0.15, -0.1) is 11.3 Å². The van der Waals surface area contributed by atoms with Crippen LogP contribution in [0.4, 0.5) is 0 Å². The number of hydrogen-bond acceptors (Lipinski definition) is 2. The molecule has 1 aromatic rings. The van der Waals surface area contributed by atoms with E-state index < -0.39 is 0 Å². The van der Waals surface area contributed by atoms with Gasteiger partial charge in [-0.05, 0) is 25.3 Å². The van der Waals surface area contributed by atoms with E-state index in [0.29, 0.717) is 9.36 Å². The van der Waals surface area contributed by atoms with E-state index in [1.165, 1.54) is 11.3 Å². The summed E-state index contributed by atoms with van der Waals surface area (Å²) in [7, 11) is 0. The van der Waals surface area contributed by atoms with Crippen molar-refractivity contribution in [3.8, 4) is 0 Å². The zero-order chi connectivity index (χ0) is 9.40. The Balaban J connectivity index is 0.000000217. The smallest absolute Gasteiger partial charge is 0.111 e. The Morgan fingerprint density at radius 3 is 2.00 bits per heavy atom. The Morgan fingerprint density at radius 1 is 1.33 bits per heavy atom. The molecule has 0 N–H and O–H groups in total. The summed E-state index contributed by atoms with van der Waals surface area (Å²) in [5.41, 5.74) is 0. The van der Waals surface area contributed by atoms with Crippen molar-refractivity contribution in [1.29, 1.82) is 0 Å². The monoisotopic (exact) mass is 226 g/mol. The second kappa shape index (κ2) is 7.87. The second-order valence-electron chi connectivity index (χ2n) is 1.82. The van der Waals surface area contributed by atoms with Crippen molar-refractivity contribution < 1.29 is 4.74 Å². The molecule has 1 nitrogen and oxygen atoms in total. The zero-order valence-corrected chi connectivity index (χ0v) is 9.47. The fourth-order valence-corrected chi connectivity index (χ4v) is 1.47. The number of hydrogen-bond donors (Lipinski definition) is 0. The molecule has 0 unspecified atom stereocenters. The summed E-state index contributed by atoms with van der Waals surface area (Å²) < 4.78 is 5.50. The minimum absolute atomic E-state index is 0.645. The molecule has 0 aromatic carbocycles. The first-order valence-corrected chi connectivity index (χ1v) is 5.32. The van der Waals surface area contributed by atoms with Gasteiger partial charge in [0.25, 0.3) is 0 Å². The summed E-state index contributed by atoms with van der Waals surface area (Å²) >= 11 is 12.5. The lowest BCUT2D eigenvalue weighted by atomic mass is 10.7. The molecule has 0 saturated carbocycles. The molecule has 0 radical (unpaired) electrons. The Kier molecular flexibility index (Phi) is 8.02. The largest absolute Gasteiger partial charge is 0.382 e. The van der Waals surface area contributed by atoms with Crippen LogP contribution in [0, 0.1) is 0 Å². The number of thiophene rings is 1. The molecule has 0 atom stereocenters. The van der Waals surface area contributed by atoms with Gasteiger partial charge in [0, 0.05) is 13.2 Å². The van der Waals surface area contributed by atoms with Crippen molar-refractivity contribution in [2.75, 3.05) is 13.2 Å². The molecule has 0 fully saturated rings. The van der Waals surface area contributed by atoms with Crippen molar-refractivity contribution in [1.82, 2.24) is 0 Å². The van der Waals surface area contributed by atoms with Crippen LogP contribution in [-0.4, -0.2) is 13.2 Å². The van der Waals surface area contributed by atoms with Crippen molar-refractivity contribution >= 4 is 34.5 Å². The van der Waals surface area contributed by atoms with Crippen molar-refractivity contribution in [2.45, 2.75) is 13.8 Å². The molecule has 0 aliphatic carbocycles. The average Bonchev–Trinajstić information content (AvgIpc) is 2.39. The minimum atomic E-state index is 0.645. The molecular formula is C8H12Cl2OS. The van der Waals surface area contributed by atoms with E-state index >= 15 is 0 Å². The van der Waals surface area contributed by atoms with E-state index in [2.05, 4.69) is 0 Å². The van der Waals surface area contributed by atoms with Gasteiger partial charge in [0.05, 0.1) is 5.02 Å². The van der Waals surface area contributed by atoms with Crippen LogP contribution in [0.15, 0.2) is 11.4 Å². The number of ether oxygens (including phenoxy) is 1.